The molecule has 8 nitrogen and oxygen atoms in total. The minimum Gasteiger partial charge on any atom is -0.507 e. The van der Waals surface area contributed by atoms with E-state index in [1.165, 1.54) is 49.6 Å². The number of carbonyl (C=O) groups is 1. The fraction of sp³-hybridized carbons (Fsp3) is 0.444. The Morgan fingerprint density at radius 2 is 1.52 bits per heavy atom. The smallest absolute Gasteiger partial charge is 0.311 e. The van der Waals surface area contributed by atoms with Gasteiger partial charge in [-0.05, 0) is 70.6 Å². The average Bonchev–Trinajstić information content (AvgIpc) is 2.97. The summed E-state index contributed by atoms with van der Waals surface area (Å²) < 4.78 is 17.2. The lowest BCUT2D eigenvalue weighted by Gasteiger charge is -2.14. The highest BCUT2D eigenvalue weighted by Gasteiger charge is 2.24. The average molecular weight is 607 g/mol. The molecule has 0 saturated carbocycles. The van der Waals surface area contributed by atoms with Crippen molar-refractivity contribution in [1.82, 2.24) is 0 Å². The number of fused-ring (bicyclic) bond motifs is 1. The molecule has 0 fully saturated rings. The number of esters is 1. The molecule has 2 aromatic carbocycles. The normalized spacial score (nSPS) is 11.7. The third kappa shape index (κ3) is 10.5. The summed E-state index contributed by atoms with van der Waals surface area (Å²) in [6, 6.07) is 6.63. The molecule has 3 aromatic rings. The van der Waals surface area contributed by atoms with Crippen LogP contribution in [-0.4, -0.2) is 27.4 Å². The third-order valence-corrected chi connectivity index (χ3v) is 7.06. The lowest BCUT2D eigenvalue weighted by atomic mass is 10.1. The largest absolute Gasteiger partial charge is 0.507 e. The van der Waals surface area contributed by atoms with Gasteiger partial charge in [-0.3, -0.25) is 9.59 Å². The van der Waals surface area contributed by atoms with Crippen LogP contribution in [0.2, 0.25) is 0 Å². The molecule has 0 atom stereocenters. The molecule has 0 spiro atoms. The summed E-state index contributed by atoms with van der Waals surface area (Å²) >= 11 is 0. The highest BCUT2D eigenvalue weighted by Crippen LogP contribution is 2.38. The van der Waals surface area contributed by atoms with Gasteiger partial charge in [0.05, 0.1) is 6.10 Å². The molecule has 0 amide bonds. The van der Waals surface area contributed by atoms with Gasteiger partial charge in [-0.2, -0.15) is 0 Å². The number of carbonyl (C=O) groups excluding carboxylic acids is 1. The second-order valence-electron chi connectivity index (χ2n) is 11.2. The van der Waals surface area contributed by atoms with Gasteiger partial charge in [0.25, 0.3) is 0 Å². The molecule has 0 aliphatic heterocycles. The summed E-state index contributed by atoms with van der Waals surface area (Å²) in [5, 5.41) is 30.3. The van der Waals surface area contributed by atoms with E-state index < -0.39 is 22.9 Å². The maximum absolute atomic E-state index is 13.5. The van der Waals surface area contributed by atoms with Crippen LogP contribution in [0.15, 0.2) is 63.8 Å². The Morgan fingerprint density at radius 1 is 0.841 bits per heavy atom. The molecule has 44 heavy (non-hydrogen) atoms. The highest BCUT2D eigenvalue weighted by molar-refractivity contribution is 5.89. The number of phenols is 3. The Kier molecular flexibility index (Phi) is 13.9. The number of phenolic OH excluding ortho intramolecular Hbond substituents is 3. The minimum absolute atomic E-state index is 0.0155. The number of unbranched alkanes of at least 4 members (excludes halogenated alkanes) is 8. The van der Waals surface area contributed by atoms with Crippen molar-refractivity contribution in [3.05, 3.63) is 64.9 Å². The molecular formula is C36H46O8. The van der Waals surface area contributed by atoms with Crippen LogP contribution >= 0.6 is 0 Å². The summed E-state index contributed by atoms with van der Waals surface area (Å²) in [4.78, 5) is 26.3. The third-order valence-electron chi connectivity index (χ3n) is 7.06. The Hall–Kier alpha value is -4.20. The monoisotopic (exact) mass is 606 g/mol. The summed E-state index contributed by atoms with van der Waals surface area (Å²) in [6.07, 6.45) is 20.4. The number of hydrogen-bond donors (Lipinski definition) is 3. The lowest BCUT2D eigenvalue weighted by molar-refractivity contribution is -0.134. The fourth-order valence-corrected chi connectivity index (χ4v) is 4.79. The van der Waals surface area contributed by atoms with Gasteiger partial charge in [0.2, 0.25) is 11.2 Å². The van der Waals surface area contributed by atoms with Gasteiger partial charge in [0, 0.05) is 24.1 Å². The number of hydrogen-bond acceptors (Lipinski definition) is 8. The van der Waals surface area contributed by atoms with E-state index in [1.54, 1.807) is 0 Å². The van der Waals surface area contributed by atoms with Crippen molar-refractivity contribution in [2.24, 2.45) is 0 Å². The van der Waals surface area contributed by atoms with Gasteiger partial charge in [-0.1, -0.05) is 63.3 Å². The van der Waals surface area contributed by atoms with Crippen LogP contribution in [-0.2, 0) is 4.79 Å². The van der Waals surface area contributed by atoms with E-state index in [4.69, 9.17) is 13.9 Å². The van der Waals surface area contributed by atoms with Crippen LogP contribution in [0.1, 0.15) is 97.8 Å². The van der Waals surface area contributed by atoms with Crippen molar-refractivity contribution in [2.75, 3.05) is 0 Å². The topological polar surface area (TPSA) is 126 Å². The molecule has 0 bridgehead atoms. The zero-order valence-electron chi connectivity index (χ0n) is 26.1. The summed E-state index contributed by atoms with van der Waals surface area (Å²) in [5.74, 6) is -2.01. The minimum atomic E-state index is -0.740. The predicted molar refractivity (Wildman–Crippen MR) is 174 cm³/mol. The molecule has 8 heteroatoms. The van der Waals surface area contributed by atoms with Crippen molar-refractivity contribution in [1.29, 1.82) is 0 Å². The number of allylic oxidation sites excluding steroid dienone is 4. The van der Waals surface area contributed by atoms with Crippen LogP contribution in [0.4, 0.5) is 0 Å². The molecule has 238 valence electrons. The molecule has 0 aliphatic carbocycles. The molecule has 1 heterocycles. The van der Waals surface area contributed by atoms with Gasteiger partial charge in [0.1, 0.15) is 22.5 Å². The van der Waals surface area contributed by atoms with E-state index in [0.717, 1.165) is 44.9 Å². The number of rotatable bonds is 18. The first-order valence-corrected chi connectivity index (χ1v) is 15.7. The van der Waals surface area contributed by atoms with Crippen molar-refractivity contribution in [3.63, 3.8) is 0 Å². The first kappa shape index (κ1) is 34.3. The molecule has 0 saturated heterocycles. The summed E-state index contributed by atoms with van der Waals surface area (Å²) in [7, 11) is 0. The van der Waals surface area contributed by atoms with Crippen LogP contribution in [0.5, 0.6) is 28.7 Å². The Balaban J connectivity index is 1.59. The highest BCUT2D eigenvalue weighted by atomic mass is 16.5. The molecule has 0 radical (unpaired) electrons. The van der Waals surface area contributed by atoms with Crippen molar-refractivity contribution in [3.8, 4) is 40.1 Å². The SMILES string of the molecule is CCCCC/C=C\C/C=C\CCCCCCCC(=O)Oc1c(-c2ccc(O)c(O)c2)oc2cc(OC(C)C)cc(O)c2c1=O. The van der Waals surface area contributed by atoms with Crippen molar-refractivity contribution >= 4 is 16.9 Å². The number of ether oxygens (including phenoxy) is 2. The van der Waals surface area contributed by atoms with Crippen LogP contribution in [0.3, 0.4) is 0 Å². The zero-order valence-corrected chi connectivity index (χ0v) is 26.1. The quantitative estimate of drug-likeness (QED) is 0.0566. The standard InChI is InChI=1S/C36H46O8/c1-4-5-6-7-8-9-10-11-12-13-14-15-16-17-18-19-32(40)44-36-34(41)33-30(39)23-27(42-25(2)3)24-31(33)43-35(36)26-20-21-28(37)29(38)22-26/h8-9,11-12,20-25,37-39H,4-7,10,13-19H2,1-3H3/b9-8-,12-11-. The van der Waals surface area contributed by atoms with Crippen molar-refractivity contribution < 1.29 is 34.0 Å². The fourth-order valence-electron chi connectivity index (χ4n) is 4.79. The van der Waals surface area contributed by atoms with E-state index in [0.29, 0.717) is 12.2 Å². The molecular weight excluding hydrogens is 560 g/mol. The Labute approximate surface area is 259 Å². The van der Waals surface area contributed by atoms with Gasteiger partial charge in [-0.15, -0.1) is 0 Å². The van der Waals surface area contributed by atoms with Crippen LogP contribution in [0, 0.1) is 0 Å². The number of benzene rings is 2. The lowest BCUT2D eigenvalue weighted by Crippen LogP contribution is -2.16. The van der Waals surface area contributed by atoms with Crippen LogP contribution in [0.25, 0.3) is 22.3 Å². The zero-order chi connectivity index (χ0) is 31.9. The Morgan fingerprint density at radius 3 is 2.20 bits per heavy atom. The molecule has 0 aliphatic rings. The number of aromatic hydroxyl groups is 3. The van der Waals surface area contributed by atoms with Crippen molar-refractivity contribution in [2.45, 2.75) is 104 Å². The van der Waals surface area contributed by atoms with Gasteiger partial charge >= 0.3 is 5.97 Å². The first-order chi connectivity index (χ1) is 21.2. The molecule has 0 unspecified atom stereocenters. The van der Waals surface area contributed by atoms with Gasteiger partial charge in [0.15, 0.2) is 17.3 Å². The van der Waals surface area contributed by atoms with E-state index in [1.807, 2.05) is 13.8 Å². The van der Waals surface area contributed by atoms with E-state index in [-0.39, 0.29) is 46.3 Å². The molecule has 3 rings (SSSR count). The molecule has 1 aromatic heterocycles. The second kappa shape index (κ2) is 17.8. The van der Waals surface area contributed by atoms with E-state index in [9.17, 15) is 24.9 Å². The van der Waals surface area contributed by atoms with E-state index in [2.05, 4.69) is 31.2 Å². The first-order valence-electron chi connectivity index (χ1n) is 15.7. The summed E-state index contributed by atoms with van der Waals surface area (Å²) in [5.41, 5.74) is -0.522. The second-order valence-corrected chi connectivity index (χ2v) is 11.2. The maximum atomic E-state index is 13.5. The van der Waals surface area contributed by atoms with E-state index >= 15 is 0 Å². The predicted octanol–water partition coefficient (Wildman–Crippen LogP) is 9.08. The van der Waals surface area contributed by atoms with Gasteiger partial charge in [-0.25, -0.2) is 0 Å². The summed E-state index contributed by atoms with van der Waals surface area (Å²) in [6.45, 7) is 5.85. The Bertz CT molecular complexity index is 1480. The molecule has 3 N–H and O–H groups in total. The maximum Gasteiger partial charge on any atom is 0.311 e. The van der Waals surface area contributed by atoms with Crippen LogP contribution < -0.4 is 14.9 Å². The van der Waals surface area contributed by atoms with Gasteiger partial charge < -0.3 is 29.2 Å².